The van der Waals surface area contributed by atoms with Gasteiger partial charge in [-0.05, 0) is 11.8 Å². The Labute approximate surface area is 82.5 Å². The average Bonchev–Trinajstić information content (AvgIpc) is 2.93. The van der Waals surface area contributed by atoms with Crippen LogP contribution in [0.15, 0.2) is 35.6 Å². The molecule has 0 spiro atoms. The van der Waals surface area contributed by atoms with Crippen LogP contribution in [0, 0.1) is 23.2 Å². The SMILES string of the molecule is N=CC(C=O)=C(N)C1C2C=CC=C[C@@H]21. The maximum absolute atomic E-state index is 10.6. The molecule has 3 nitrogen and oxygen atoms in total. The Hall–Kier alpha value is -1.64. The van der Waals surface area contributed by atoms with Gasteiger partial charge in [0.15, 0.2) is 6.29 Å². The van der Waals surface area contributed by atoms with Crippen LogP contribution in [0.5, 0.6) is 0 Å². The zero-order valence-corrected chi connectivity index (χ0v) is 7.68. The van der Waals surface area contributed by atoms with Gasteiger partial charge in [0.05, 0.1) is 5.57 Å². The molecular weight excluding hydrogens is 176 g/mol. The summed E-state index contributed by atoms with van der Waals surface area (Å²) < 4.78 is 0. The molecule has 3 N–H and O–H groups in total. The number of allylic oxidation sites excluding steroid dienone is 6. The van der Waals surface area contributed by atoms with Crippen LogP contribution in [0.4, 0.5) is 0 Å². The molecule has 0 aromatic heterocycles. The van der Waals surface area contributed by atoms with E-state index in [0.29, 0.717) is 29.4 Å². The van der Waals surface area contributed by atoms with Crippen molar-refractivity contribution in [3.63, 3.8) is 0 Å². The predicted molar refractivity (Wildman–Crippen MR) is 54.8 cm³/mol. The van der Waals surface area contributed by atoms with Crippen molar-refractivity contribution in [2.75, 3.05) is 0 Å². The summed E-state index contributed by atoms with van der Waals surface area (Å²) in [5.41, 5.74) is 6.70. The minimum Gasteiger partial charge on any atom is -0.401 e. The molecule has 2 aliphatic rings. The van der Waals surface area contributed by atoms with Crippen LogP contribution in [0.2, 0.25) is 0 Å². The molecule has 3 atom stereocenters. The van der Waals surface area contributed by atoms with E-state index in [0.717, 1.165) is 6.21 Å². The highest BCUT2D eigenvalue weighted by molar-refractivity contribution is 6.01. The Morgan fingerprint density at radius 3 is 2.29 bits per heavy atom. The molecule has 2 unspecified atom stereocenters. The first-order chi connectivity index (χ1) is 6.79. The quantitative estimate of drug-likeness (QED) is 0.394. The minimum absolute atomic E-state index is 0.229. The fourth-order valence-electron chi connectivity index (χ4n) is 2.03. The van der Waals surface area contributed by atoms with Crippen molar-refractivity contribution in [3.05, 3.63) is 35.6 Å². The minimum atomic E-state index is 0.229. The zero-order chi connectivity index (χ0) is 10.1. The lowest BCUT2D eigenvalue weighted by molar-refractivity contribution is -0.104. The summed E-state index contributed by atoms with van der Waals surface area (Å²) in [5.74, 6) is 1.11. The van der Waals surface area contributed by atoms with Gasteiger partial charge in [0, 0.05) is 17.8 Å². The van der Waals surface area contributed by atoms with E-state index in [-0.39, 0.29) is 5.92 Å². The van der Waals surface area contributed by atoms with Crippen molar-refractivity contribution in [1.82, 2.24) is 0 Å². The highest BCUT2D eigenvalue weighted by Crippen LogP contribution is 2.53. The van der Waals surface area contributed by atoms with Crippen LogP contribution in [0.1, 0.15) is 0 Å². The number of hydrogen-bond donors (Lipinski definition) is 2. The Morgan fingerprint density at radius 1 is 1.29 bits per heavy atom. The van der Waals surface area contributed by atoms with Crippen molar-refractivity contribution in [3.8, 4) is 0 Å². The van der Waals surface area contributed by atoms with Crippen LogP contribution >= 0.6 is 0 Å². The number of rotatable bonds is 3. The van der Waals surface area contributed by atoms with Gasteiger partial charge in [0.2, 0.25) is 0 Å². The lowest BCUT2D eigenvalue weighted by Gasteiger charge is -1.99. The molecule has 0 aliphatic heterocycles. The summed E-state index contributed by atoms with van der Waals surface area (Å²) in [7, 11) is 0. The van der Waals surface area contributed by atoms with Crippen molar-refractivity contribution in [2.24, 2.45) is 23.5 Å². The molecule has 2 rings (SSSR count). The first-order valence-corrected chi connectivity index (χ1v) is 4.60. The van der Waals surface area contributed by atoms with Crippen LogP contribution < -0.4 is 5.73 Å². The molecule has 0 amide bonds. The molecule has 0 aromatic carbocycles. The van der Waals surface area contributed by atoms with E-state index in [4.69, 9.17) is 11.1 Å². The largest absolute Gasteiger partial charge is 0.401 e. The third-order valence-electron chi connectivity index (χ3n) is 2.89. The lowest BCUT2D eigenvalue weighted by atomic mass is 10.1. The van der Waals surface area contributed by atoms with E-state index < -0.39 is 0 Å². The van der Waals surface area contributed by atoms with Crippen molar-refractivity contribution in [1.29, 1.82) is 5.41 Å². The molecule has 1 saturated carbocycles. The topological polar surface area (TPSA) is 66.9 Å². The maximum Gasteiger partial charge on any atom is 0.153 e. The van der Waals surface area contributed by atoms with E-state index >= 15 is 0 Å². The van der Waals surface area contributed by atoms with Crippen molar-refractivity contribution >= 4 is 12.5 Å². The summed E-state index contributed by atoms with van der Waals surface area (Å²) in [5, 5.41) is 7.04. The summed E-state index contributed by atoms with van der Waals surface area (Å²) in [6, 6.07) is 0. The summed E-state index contributed by atoms with van der Waals surface area (Å²) >= 11 is 0. The van der Waals surface area contributed by atoms with E-state index in [1.165, 1.54) is 0 Å². The predicted octanol–water partition coefficient (Wildman–Crippen LogP) is 1.04. The van der Waals surface area contributed by atoms with Crippen molar-refractivity contribution < 1.29 is 4.79 Å². The van der Waals surface area contributed by atoms with Gasteiger partial charge in [-0.15, -0.1) is 0 Å². The average molecular weight is 188 g/mol. The molecule has 72 valence electrons. The van der Waals surface area contributed by atoms with Gasteiger partial charge in [0.25, 0.3) is 0 Å². The van der Waals surface area contributed by atoms with Crippen LogP contribution in [-0.2, 0) is 4.79 Å². The third kappa shape index (κ3) is 1.21. The van der Waals surface area contributed by atoms with Crippen molar-refractivity contribution in [2.45, 2.75) is 0 Å². The summed E-state index contributed by atoms with van der Waals surface area (Å²) in [6.07, 6.45) is 9.89. The van der Waals surface area contributed by atoms with Gasteiger partial charge in [0.1, 0.15) is 0 Å². The lowest BCUT2D eigenvalue weighted by Crippen LogP contribution is -2.08. The number of carbonyl (C=O) groups excluding carboxylic acids is 1. The Balaban J connectivity index is 2.23. The normalized spacial score (nSPS) is 34.4. The highest BCUT2D eigenvalue weighted by Gasteiger charge is 2.49. The Morgan fingerprint density at radius 2 is 1.86 bits per heavy atom. The maximum atomic E-state index is 10.6. The molecule has 14 heavy (non-hydrogen) atoms. The molecule has 0 saturated heterocycles. The fraction of sp³-hybridized carbons (Fsp3) is 0.273. The monoisotopic (exact) mass is 188 g/mol. The van der Waals surface area contributed by atoms with Gasteiger partial charge < -0.3 is 11.1 Å². The molecular formula is C11H12N2O. The van der Waals surface area contributed by atoms with E-state index in [1.54, 1.807) is 0 Å². The molecule has 2 aliphatic carbocycles. The molecule has 0 aromatic rings. The number of hydrogen-bond acceptors (Lipinski definition) is 3. The van der Waals surface area contributed by atoms with E-state index in [2.05, 4.69) is 12.2 Å². The molecule has 0 bridgehead atoms. The van der Waals surface area contributed by atoms with Crippen LogP contribution in [0.25, 0.3) is 0 Å². The van der Waals surface area contributed by atoms with Gasteiger partial charge in [-0.3, -0.25) is 4.79 Å². The Kier molecular flexibility index (Phi) is 2.08. The number of fused-ring (bicyclic) bond motifs is 1. The van der Waals surface area contributed by atoms with E-state index in [9.17, 15) is 4.79 Å². The third-order valence-corrected chi connectivity index (χ3v) is 2.89. The first-order valence-electron chi connectivity index (χ1n) is 4.60. The zero-order valence-electron chi connectivity index (χ0n) is 7.68. The molecule has 1 fully saturated rings. The number of nitrogens with two attached hydrogens (primary N) is 1. The second-order valence-corrected chi connectivity index (χ2v) is 3.62. The van der Waals surface area contributed by atoms with Gasteiger partial charge >= 0.3 is 0 Å². The van der Waals surface area contributed by atoms with Gasteiger partial charge in [-0.2, -0.15) is 0 Å². The molecule has 3 heteroatoms. The highest BCUT2D eigenvalue weighted by atomic mass is 16.1. The number of aldehydes is 1. The Bertz CT molecular complexity index is 337. The number of nitrogens with one attached hydrogen (secondary N) is 1. The smallest absolute Gasteiger partial charge is 0.153 e. The molecule has 0 radical (unpaired) electrons. The second-order valence-electron chi connectivity index (χ2n) is 3.62. The van der Waals surface area contributed by atoms with Crippen LogP contribution in [-0.4, -0.2) is 12.5 Å². The summed E-state index contributed by atoms with van der Waals surface area (Å²) in [6.45, 7) is 0. The number of carbonyl (C=O) groups is 1. The van der Waals surface area contributed by atoms with Crippen LogP contribution in [0.3, 0.4) is 0 Å². The molecule has 0 heterocycles. The van der Waals surface area contributed by atoms with E-state index in [1.807, 2.05) is 12.2 Å². The van der Waals surface area contributed by atoms with Gasteiger partial charge in [-0.25, -0.2) is 0 Å². The van der Waals surface area contributed by atoms with Gasteiger partial charge in [-0.1, -0.05) is 24.3 Å². The second kappa shape index (κ2) is 3.25. The fourth-order valence-corrected chi connectivity index (χ4v) is 2.03. The summed E-state index contributed by atoms with van der Waals surface area (Å²) in [4.78, 5) is 10.6. The first kappa shape index (κ1) is 8.94. The standard InChI is InChI=1S/C11H12N2O/c12-5-7(6-14)11(13)10-8-3-1-2-4-9(8)10/h1-6,8-10,12H,13H2/t8-,9?,10?/m0/s1.